The third-order valence-electron chi connectivity index (χ3n) is 4.98. The molecule has 1 saturated heterocycles. The van der Waals surface area contributed by atoms with E-state index in [4.69, 9.17) is 21.1 Å². The van der Waals surface area contributed by atoms with Crippen LogP contribution in [0.3, 0.4) is 0 Å². The van der Waals surface area contributed by atoms with Gasteiger partial charge in [-0.15, -0.1) is 0 Å². The zero-order chi connectivity index (χ0) is 18.5. The summed E-state index contributed by atoms with van der Waals surface area (Å²) in [6.45, 7) is 3.01. The number of halogens is 1. The molecule has 0 aromatic heterocycles. The minimum absolute atomic E-state index is 0.329. The highest BCUT2D eigenvalue weighted by Gasteiger charge is 2.16. The van der Waals surface area contributed by atoms with Gasteiger partial charge in [0.2, 0.25) is 0 Å². The average molecular weight is 382 g/mol. The van der Waals surface area contributed by atoms with Crippen LogP contribution in [0.1, 0.15) is 24.0 Å². The molecule has 3 aromatic rings. The van der Waals surface area contributed by atoms with Gasteiger partial charge in [0.05, 0.1) is 6.10 Å². The zero-order valence-electron chi connectivity index (χ0n) is 15.3. The lowest BCUT2D eigenvalue weighted by molar-refractivity contribution is 0.110. The maximum Gasteiger partial charge on any atom is 0.124 e. The average Bonchev–Trinajstić information content (AvgIpc) is 3.20. The molecule has 1 aliphatic heterocycles. The van der Waals surface area contributed by atoms with E-state index in [0.29, 0.717) is 12.7 Å². The van der Waals surface area contributed by atoms with Gasteiger partial charge in [-0.1, -0.05) is 54.1 Å². The molecule has 1 aliphatic rings. The molecule has 0 amide bonds. The molecule has 3 aromatic carbocycles. The lowest BCUT2D eigenvalue weighted by atomic mass is 10.0. The third kappa shape index (κ3) is 4.62. The highest BCUT2D eigenvalue weighted by atomic mass is 35.5. The second-order valence-electron chi connectivity index (χ2n) is 6.95. The summed E-state index contributed by atoms with van der Waals surface area (Å²) < 4.78 is 11.9. The molecule has 1 atom stereocenters. The molecule has 140 valence electrons. The lowest BCUT2D eigenvalue weighted by Gasteiger charge is -2.16. The van der Waals surface area contributed by atoms with E-state index in [0.717, 1.165) is 48.9 Å². The molecular formula is C23H24ClNO2. The van der Waals surface area contributed by atoms with Crippen LogP contribution < -0.4 is 10.1 Å². The van der Waals surface area contributed by atoms with Crippen molar-refractivity contribution in [1.82, 2.24) is 5.32 Å². The first kappa shape index (κ1) is 18.3. The minimum Gasteiger partial charge on any atom is -0.489 e. The summed E-state index contributed by atoms with van der Waals surface area (Å²) >= 11 is 6.09. The van der Waals surface area contributed by atoms with Gasteiger partial charge in [-0.2, -0.15) is 0 Å². The first-order chi connectivity index (χ1) is 13.3. The van der Waals surface area contributed by atoms with E-state index in [2.05, 4.69) is 41.7 Å². The van der Waals surface area contributed by atoms with Gasteiger partial charge in [0.25, 0.3) is 0 Å². The van der Waals surface area contributed by atoms with Crippen LogP contribution in [0.25, 0.3) is 10.8 Å². The molecule has 1 heterocycles. The molecular weight excluding hydrogens is 358 g/mol. The van der Waals surface area contributed by atoms with Crippen molar-refractivity contribution < 1.29 is 9.47 Å². The Morgan fingerprint density at radius 1 is 1.07 bits per heavy atom. The molecule has 0 spiro atoms. The SMILES string of the molecule is Clc1cccc(COc2ccc3ccccc3c2CNC[C@H]2CCCO2)c1. The molecule has 0 aliphatic carbocycles. The van der Waals surface area contributed by atoms with Crippen LogP contribution in [0, 0.1) is 0 Å². The molecule has 27 heavy (non-hydrogen) atoms. The van der Waals surface area contributed by atoms with E-state index in [1.54, 1.807) is 0 Å². The number of hydrogen-bond donors (Lipinski definition) is 1. The first-order valence-corrected chi connectivity index (χ1v) is 9.87. The monoisotopic (exact) mass is 381 g/mol. The molecule has 1 N–H and O–H groups in total. The fourth-order valence-corrected chi connectivity index (χ4v) is 3.80. The predicted octanol–water partition coefficient (Wildman–Crippen LogP) is 5.34. The summed E-state index contributed by atoms with van der Waals surface area (Å²) in [5.74, 6) is 0.911. The van der Waals surface area contributed by atoms with Crippen LogP contribution in [-0.2, 0) is 17.9 Å². The second kappa shape index (κ2) is 8.75. The summed E-state index contributed by atoms with van der Waals surface area (Å²) in [5.41, 5.74) is 2.25. The maximum atomic E-state index is 6.18. The van der Waals surface area contributed by atoms with Crippen LogP contribution in [0.4, 0.5) is 0 Å². The molecule has 4 heteroatoms. The van der Waals surface area contributed by atoms with Crippen molar-refractivity contribution in [2.45, 2.75) is 32.1 Å². The van der Waals surface area contributed by atoms with E-state index in [-0.39, 0.29) is 0 Å². The van der Waals surface area contributed by atoms with Crippen molar-refractivity contribution in [2.75, 3.05) is 13.2 Å². The van der Waals surface area contributed by atoms with Crippen molar-refractivity contribution in [3.8, 4) is 5.75 Å². The number of rotatable bonds is 7. The molecule has 3 nitrogen and oxygen atoms in total. The largest absolute Gasteiger partial charge is 0.489 e. The Morgan fingerprint density at radius 2 is 2.00 bits per heavy atom. The molecule has 0 unspecified atom stereocenters. The van der Waals surface area contributed by atoms with Crippen molar-refractivity contribution >= 4 is 22.4 Å². The number of ether oxygens (including phenoxy) is 2. The Bertz CT molecular complexity index is 906. The van der Waals surface area contributed by atoms with Crippen LogP contribution in [0.5, 0.6) is 5.75 Å². The highest BCUT2D eigenvalue weighted by molar-refractivity contribution is 6.30. The second-order valence-corrected chi connectivity index (χ2v) is 7.38. The van der Waals surface area contributed by atoms with Crippen LogP contribution >= 0.6 is 11.6 Å². The summed E-state index contributed by atoms with van der Waals surface area (Å²) in [5, 5.41) is 6.73. The normalized spacial score (nSPS) is 16.7. The van der Waals surface area contributed by atoms with Crippen molar-refractivity contribution in [2.24, 2.45) is 0 Å². The topological polar surface area (TPSA) is 30.5 Å². The van der Waals surface area contributed by atoms with Gasteiger partial charge < -0.3 is 14.8 Å². The Labute approximate surface area is 165 Å². The lowest BCUT2D eigenvalue weighted by Crippen LogP contribution is -2.26. The van der Waals surface area contributed by atoms with Gasteiger partial charge in [-0.3, -0.25) is 0 Å². The standard InChI is InChI=1S/C23H24ClNO2/c24-19-7-3-5-17(13-19)16-27-23-11-10-18-6-1-2-9-21(18)22(23)15-25-14-20-8-4-12-26-20/h1-3,5-7,9-11,13,20,25H,4,8,12,14-16H2/t20-/m1/s1. The summed E-state index contributed by atoms with van der Waals surface area (Å²) in [6.07, 6.45) is 2.63. The fourth-order valence-electron chi connectivity index (χ4n) is 3.58. The smallest absolute Gasteiger partial charge is 0.124 e. The number of fused-ring (bicyclic) bond motifs is 1. The van der Waals surface area contributed by atoms with E-state index in [9.17, 15) is 0 Å². The van der Waals surface area contributed by atoms with Crippen molar-refractivity contribution in [3.05, 3.63) is 76.8 Å². The fraction of sp³-hybridized carbons (Fsp3) is 0.304. The van der Waals surface area contributed by atoms with Crippen molar-refractivity contribution in [1.29, 1.82) is 0 Å². The number of hydrogen-bond acceptors (Lipinski definition) is 3. The van der Waals surface area contributed by atoms with Gasteiger partial charge in [0.1, 0.15) is 12.4 Å². The summed E-state index contributed by atoms with van der Waals surface area (Å²) in [4.78, 5) is 0. The third-order valence-corrected chi connectivity index (χ3v) is 5.21. The number of benzene rings is 3. The molecule has 0 saturated carbocycles. The predicted molar refractivity (Wildman–Crippen MR) is 110 cm³/mol. The van der Waals surface area contributed by atoms with Crippen LogP contribution in [0.15, 0.2) is 60.7 Å². The molecule has 0 bridgehead atoms. The van der Waals surface area contributed by atoms with E-state index in [1.807, 2.05) is 24.3 Å². The molecule has 0 radical (unpaired) electrons. The highest BCUT2D eigenvalue weighted by Crippen LogP contribution is 2.29. The van der Waals surface area contributed by atoms with Gasteiger partial charge >= 0.3 is 0 Å². The van der Waals surface area contributed by atoms with Crippen molar-refractivity contribution in [3.63, 3.8) is 0 Å². The minimum atomic E-state index is 0.329. The van der Waals surface area contributed by atoms with E-state index >= 15 is 0 Å². The summed E-state index contributed by atoms with van der Waals surface area (Å²) in [6, 6.07) is 20.4. The van der Waals surface area contributed by atoms with Gasteiger partial charge in [0, 0.05) is 30.3 Å². The Balaban J connectivity index is 1.53. The van der Waals surface area contributed by atoms with E-state index in [1.165, 1.54) is 16.3 Å². The Kier molecular flexibility index (Phi) is 5.93. The maximum absolute atomic E-state index is 6.18. The van der Waals surface area contributed by atoms with Gasteiger partial charge in [0.15, 0.2) is 0 Å². The Hall–Kier alpha value is -2.07. The van der Waals surface area contributed by atoms with Gasteiger partial charge in [-0.25, -0.2) is 0 Å². The quantitative estimate of drug-likeness (QED) is 0.599. The van der Waals surface area contributed by atoms with Crippen LogP contribution in [0.2, 0.25) is 5.02 Å². The Morgan fingerprint density at radius 3 is 2.85 bits per heavy atom. The summed E-state index contributed by atoms with van der Waals surface area (Å²) in [7, 11) is 0. The number of nitrogens with one attached hydrogen (secondary N) is 1. The molecule has 4 rings (SSSR count). The van der Waals surface area contributed by atoms with Gasteiger partial charge in [-0.05, 0) is 47.4 Å². The van der Waals surface area contributed by atoms with E-state index < -0.39 is 0 Å². The molecule has 1 fully saturated rings. The zero-order valence-corrected chi connectivity index (χ0v) is 16.0. The first-order valence-electron chi connectivity index (χ1n) is 9.50. The van der Waals surface area contributed by atoms with Crippen LogP contribution in [-0.4, -0.2) is 19.3 Å².